The summed E-state index contributed by atoms with van der Waals surface area (Å²) in [6.07, 6.45) is 0.393. The molecule has 0 atom stereocenters. The first-order chi connectivity index (χ1) is 14.3. The van der Waals surface area contributed by atoms with Gasteiger partial charge >= 0.3 is 12.1 Å². The third-order valence-corrected chi connectivity index (χ3v) is 4.75. The van der Waals surface area contributed by atoms with Crippen LogP contribution in [0.4, 0.5) is 25.4 Å². The molecule has 3 N–H and O–H groups in total. The van der Waals surface area contributed by atoms with Gasteiger partial charge in [0.2, 0.25) is 0 Å². The first kappa shape index (κ1) is 21.2. The van der Waals surface area contributed by atoms with Gasteiger partial charge in [0.25, 0.3) is 0 Å². The number of piperazine rings is 1. The van der Waals surface area contributed by atoms with Crippen LogP contribution < -0.4 is 10.6 Å². The molecule has 1 fully saturated rings. The highest BCUT2D eigenvalue weighted by Crippen LogP contribution is 2.20. The molecule has 1 aromatic carbocycles. The molecule has 1 saturated heterocycles. The van der Waals surface area contributed by atoms with Crippen molar-refractivity contribution in [2.24, 2.45) is 0 Å². The van der Waals surface area contributed by atoms with Gasteiger partial charge < -0.3 is 20.6 Å². The molecule has 9 nitrogen and oxygen atoms in total. The van der Waals surface area contributed by atoms with Crippen molar-refractivity contribution in [2.75, 3.05) is 36.8 Å². The SMILES string of the molecule is CC(=O)c1ccc(NC(=O)Nc2cccc(CN3CCN(C(=O)O)CC3)c2F)cn1. The van der Waals surface area contributed by atoms with E-state index in [-0.39, 0.29) is 17.2 Å². The first-order valence-corrected chi connectivity index (χ1v) is 9.36. The van der Waals surface area contributed by atoms with E-state index in [4.69, 9.17) is 5.11 Å². The Morgan fingerprint density at radius 2 is 1.83 bits per heavy atom. The fourth-order valence-corrected chi connectivity index (χ4v) is 3.10. The van der Waals surface area contributed by atoms with E-state index < -0.39 is 17.9 Å². The quantitative estimate of drug-likeness (QED) is 0.647. The number of carboxylic acid groups (broad SMARTS) is 1. The Morgan fingerprint density at radius 1 is 1.10 bits per heavy atom. The number of amides is 3. The number of carbonyl (C=O) groups is 3. The van der Waals surface area contributed by atoms with Crippen molar-refractivity contribution in [3.05, 3.63) is 53.6 Å². The minimum atomic E-state index is -0.954. The number of hydrogen-bond donors (Lipinski definition) is 3. The number of Topliss-reactive ketones (excluding diaryl/α,β-unsaturated/α-hetero) is 1. The smallest absolute Gasteiger partial charge is 0.407 e. The summed E-state index contributed by atoms with van der Waals surface area (Å²) in [5.41, 5.74) is 1.08. The molecule has 0 bridgehead atoms. The van der Waals surface area contributed by atoms with Crippen molar-refractivity contribution in [3.63, 3.8) is 0 Å². The van der Waals surface area contributed by atoms with E-state index in [9.17, 15) is 18.8 Å². The van der Waals surface area contributed by atoms with Crippen LogP contribution in [0.15, 0.2) is 36.5 Å². The largest absolute Gasteiger partial charge is 0.465 e. The normalized spacial score (nSPS) is 14.3. The lowest BCUT2D eigenvalue weighted by molar-refractivity contribution is 0.101. The summed E-state index contributed by atoms with van der Waals surface area (Å²) in [5, 5.41) is 14.0. The van der Waals surface area contributed by atoms with Crippen LogP contribution in [0, 0.1) is 5.82 Å². The third-order valence-electron chi connectivity index (χ3n) is 4.75. The Kier molecular flexibility index (Phi) is 6.58. The van der Waals surface area contributed by atoms with Gasteiger partial charge in [-0.15, -0.1) is 0 Å². The predicted molar refractivity (Wildman–Crippen MR) is 108 cm³/mol. The number of ketones is 1. The number of pyridine rings is 1. The highest BCUT2D eigenvalue weighted by Gasteiger charge is 2.21. The van der Waals surface area contributed by atoms with E-state index in [0.717, 1.165) is 0 Å². The number of aromatic nitrogens is 1. The molecule has 0 saturated carbocycles. The second kappa shape index (κ2) is 9.31. The number of urea groups is 1. The lowest BCUT2D eigenvalue weighted by Crippen LogP contribution is -2.47. The number of anilines is 2. The number of hydrogen-bond acceptors (Lipinski definition) is 5. The maximum atomic E-state index is 14.8. The van der Waals surface area contributed by atoms with Crippen LogP contribution >= 0.6 is 0 Å². The first-order valence-electron chi connectivity index (χ1n) is 9.36. The van der Waals surface area contributed by atoms with Gasteiger partial charge in [-0.05, 0) is 18.2 Å². The van der Waals surface area contributed by atoms with Gasteiger partial charge in [0.15, 0.2) is 11.6 Å². The van der Waals surface area contributed by atoms with Crippen LogP contribution in [0.1, 0.15) is 23.0 Å². The molecule has 0 unspecified atom stereocenters. The van der Waals surface area contributed by atoms with Crippen molar-refractivity contribution >= 4 is 29.3 Å². The zero-order valence-electron chi connectivity index (χ0n) is 16.4. The van der Waals surface area contributed by atoms with Gasteiger partial charge in [0.1, 0.15) is 5.69 Å². The van der Waals surface area contributed by atoms with E-state index >= 15 is 0 Å². The average Bonchev–Trinajstić information content (AvgIpc) is 2.71. The Hall–Kier alpha value is -3.53. The van der Waals surface area contributed by atoms with E-state index in [1.165, 1.54) is 36.2 Å². The lowest BCUT2D eigenvalue weighted by Gasteiger charge is -2.33. The Labute approximate surface area is 172 Å². The minimum Gasteiger partial charge on any atom is -0.465 e. The number of nitrogens with one attached hydrogen (secondary N) is 2. The van der Waals surface area contributed by atoms with Crippen LogP contribution in [-0.4, -0.2) is 64.0 Å². The fourth-order valence-electron chi connectivity index (χ4n) is 3.10. The van der Waals surface area contributed by atoms with Crippen LogP contribution in [0.25, 0.3) is 0 Å². The number of carbonyl (C=O) groups excluding carboxylic acids is 2. The lowest BCUT2D eigenvalue weighted by atomic mass is 10.1. The van der Waals surface area contributed by atoms with Gasteiger partial charge in [-0.25, -0.2) is 14.0 Å². The molecule has 3 rings (SSSR count). The molecule has 158 valence electrons. The average molecular weight is 415 g/mol. The van der Waals surface area contributed by atoms with Crippen molar-refractivity contribution in [1.29, 1.82) is 0 Å². The van der Waals surface area contributed by atoms with Crippen molar-refractivity contribution in [1.82, 2.24) is 14.8 Å². The zero-order chi connectivity index (χ0) is 21.7. The standard InChI is InChI=1S/C20H22FN5O4/c1-13(27)16-6-5-15(11-22-16)23-19(28)24-17-4-2-3-14(18(17)21)12-25-7-9-26(10-8-25)20(29)30/h2-6,11H,7-10,12H2,1H3,(H,29,30)(H2,23,24,28). The molecule has 1 aliphatic heterocycles. The summed E-state index contributed by atoms with van der Waals surface area (Å²) in [7, 11) is 0. The molecule has 10 heteroatoms. The highest BCUT2D eigenvalue weighted by molar-refractivity contribution is 6.00. The van der Waals surface area contributed by atoms with Gasteiger partial charge in [0.05, 0.1) is 17.6 Å². The van der Waals surface area contributed by atoms with Crippen molar-refractivity contribution < 1.29 is 23.9 Å². The predicted octanol–water partition coefficient (Wildman–Crippen LogP) is 2.86. The zero-order valence-corrected chi connectivity index (χ0v) is 16.4. The topological polar surface area (TPSA) is 115 Å². The number of rotatable bonds is 5. The second-order valence-corrected chi connectivity index (χ2v) is 6.89. The summed E-state index contributed by atoms with van der Waals surface area (Å²) in [6.45, 7) is 3.46. The Bertz CT molecular complexity index is 943. The minimum absolute atomic E-state index is 0.0301. The van der Waals surface area contributed by atoms with Crippen LogP contribution in [0.2, 0.25) is 0 Å². The van der Waals surface area contributed by atoms with E-state index in [0.29, 0.717) is 44.0 Å². The molecule has 0 spiro atoms. The fraction of sp³-hybridized carbons (Fsp3) is 0.300. The van der Waals surface area contributed by atoms with Crippen molar-refractivity contribution in [2.45, 2.75) is 13.5 Å². The summed E-state index contributed by atoms with van der Waals surface area (Å²) < 4.78 is 14.8. The number of nitrogens with zero attached hydrogens (tertiary/aromatic N) is 3. The molecule has 30 heavy (non-hydrogen) atoms. The summed E-state index contributed by atoms with van der Waals surface area (Å²) in [5.74, 6) is -0.729. The molecule has 2 aromatic rings. The summed E-state index contributed by atoms with van der Waals surface area (Å²) in [4.78, 5) is 41.7. The molecule has 2 heterocycles. The second-order valence-electron chi connectivity index (χ2n) is 6.89. The molecule has 1 aliphatic rings. The van der Waals surface area contributed by atoms with Crippen LogP contribution in [0.5, 0.6) is 0 Å². The summed E-state index contributed by atoms with van der Waals surface area (Å²) >= 11 is 0. The number of halogens is 1. The maximum absolute atomic E-state index is 14.8. The van der Waals surface area contributed by atoms with Gasteiger partial charge in [-0.1, -0.05) is 12.1 Å². The molecule has 1 aromatic heterocycles. The third kappa shape index (κ3) is 5.29. The van der Waals surface area contributed by atoms with Crippen LogP contribution in [0.3, 0.4) is 0 Å². The molecular formula is C20H22FN5O4. The van der Waals surface area contributed by atoms with E-state index in [2.05, 4.69) is 15.6 Å². The van der Waals surface area contributed by atoms with Crippen LogP contribution in [-0.2, 0) is 6.54 Å². The molecule has 0 aliphatic carbocycles. The Morgan fingerprint density at radius 3 is 2.43 bits per heavy atom. The Balaban J connectivity index is 1.60. The van der Waals surface area contributed by atoms with Crippen molar-refractivity contribution in [3.8, 4) is 0 Å². The molecule has 0 radical (unpaired) electrons. The van der Waals surface area contributed by atoms with E-state index in [1.807, 2.05) is 4.90 Å². The van der Waals surface area contributed by atoms with Gasteiger partial charge in [-0.2, -0.15) is 0 Å². The van der Waals surface area contributed by atoms with Gasteiger partial charge in [-0.3, -0.25) is 14.7 Å². The molecular weight excluding hydrogens is 393 g/mol. The number of benzene rings is 1. The monoisotopic (exact) mass is 415 g/mol. The summed E-state index contributed by atoms with van der Waals surface area (Å²) in [6, 6.07) is 7.11. The van der Waals surface area contributed by atoms with Gasteiger partial charge in [0, 0.05) is 45.2 Å². The molecule has 3 amide bonds. The highest BCUT2D eigenvalue weighted by atomic mass is 19.1. The maximum Gasteiger partial charge on any atom is 0.407 e. The van der Waals surface area contributed by atoms with E-state index in [1.54, 1.807) is 12.1 Å².